The highest BCUT2D eigenvalue weighted by Gasteiger charge is 2.30. The van der Waals surface area contributed by atoms with Gasteiger partial charge in [0.15, 0.2) is 5.76 Å². The van der Waals surface area contributed by atoms with E-state index in [-0.39, 0.29) is 11.9 Å². The second kappa shape index (κ2) is 4.59. The zero-order valence-corrected chi connectivity index (χ0v) is 11.6. The molecule has 20 heavy (non-hydrogen) atoms. The fraction of sp³-hybridized carbons (Fsp3) is 0.267. The third kappa shape index (κ3) is 1.82. The van der Waals surface area contributed by atoms with E-state index in [0.717, 1.165) is 11.1 Å². The Morgan fingerprint density at radius 1 is 1.25 bits per heavy atom. The van der Waals surface area contributed by atoms with Gasteiger partial charge < -0.3 is 9.42 Å². The van der Waals surface area contributed by atoms with E-state index in [1.165, 1.54) is 11.1 Å². The molecule has 0 aliphatic carbocycles. The van der Waals surface area contributed by atoms with Crippen molar-refractivity contribution < 1.29 is 9.32 Å². The molecule has 0 saturated carbocycles. The average molecular weight is 269 g/mol. The Bertz CT molecular complexity index is 703. The number of aromatic nitrogens is 1. The molecule has 1 atom stereocenters. The molecule has 2 aromatic rings. The van der Waals surface area contributed by atoms with Crippen LogP contribution in [0.3, 0.4) is 0 Å². The topological polar surface area (TPSA) is 58.7 Å². The van der Waals surface area contributed by atoms with Gasteiger partial charge in [-0.2, -0.15) is 0 Å². The molecule has 1 aliphatic rings. The smallest absolute Gasteiger partial charge is 0.268 e. The molecule has 2 heterocycles. The van der Waals surface area contributed by atoms with Crippen LogP contribution in [0.15, 0.2) is 33.8 Å². The van der Waals surface area contributed by atoms with Crippen LogP contribution in [0.2, 0.25) is 0 Å². The van der Waals surface area contributed by atoms with Gasteiger partial charge in [-0.15, -0.1) is 0 Å². The lowest BCUT2D eigenvalue weighted by atomic mass is 9.98. The molecule has 0 saturated heterocycles. The van der Waals surface area contributed by atoms with Gasteiger partial charge in [-0.25, -0.2) is 0 Å². The summed E-state index contributed by atoms with van der Waals surface area (Å²) in [5, 5.41) is 4.12. The molecular formula is C15H15N3O2. The minimum atomic E-state index is -0.308. The maximum absolute atomic E-state index is 12.0. The van der Waals surface area contributed by atoms with Crippen molar-refractivity contribution in [1.29, 1.82) is 0 Å². The summed E-state index contributed by atoms with van der Waals surface area (Å²) < 4.78 is 5.27. The minimum Gasteiger partial charge on any atom is -0.359 e. The van der Waals surface area contributed by atoms with E-state index in [0.29, 0.717) is 17.1 Å². The Labute approximate surface area is 116 Å². The molecule has 0 bridgehead atoms. The standard InChI is InChI=1S/C15H15N3O2/c1-9-6-4-5-7-11(9)13-14-15(10(2)20-17-14)18(3)12(19)8-16-13/h4-8,13H,1-3H3. The van der Waals surface area contributed by atoms with Crippen LogP contribution in [0.5, 0.6) is 0 Å². The molecule has 1 amide bonds. The van der Waals surface area contributed by atoms with Crippen LogP contribution in [-0.4, -0.2) is 24.3 Å². The molecule has 5 heteroatoms. The number of benzene rings is 1. The summed E-state index contributed by atoms with van der Waals surface area (Å²) in [5.74, 6) is 0.452. The SMILES string of the molecule is Cc1ccccc1C1N=CC(=O)N(C)c2c1noc2C. The zero-order valence-electron chi connectivity index (χ0n) is 11.6. The molecule has 102 valence electrons. The number of anilines is 1. The van der Waals surface area contributed by atoms with Crippen molar-refractivity contribution in [3.8, 4) is 0 Å². The van der Waals surface area contributed by atoms with E-state index in [4.69, 9.17) is 4.52 Å². The normalized spacial score (nSPS) is 18.1. The predicted octanol–water partition coefficient (Wildman–Crippen LogP) is 2.43. The van der Waals surface area contributed by atoms with Crippen molar-refractivity contribution in [2.24, 2.45) is 4.99 Å². The van der Waals surface area contributed by atoms with E-state index < -0.39 is 0 Å². The summed E-state index contributed by atoms with van der Waals surface area (Å²) in [5.41, 5.74) is 3.53. The molecule has 1 aromatic heterocycles. The highest BCUT2D eigenvalue weighted by atomic mass is 16.5. The van der Waals surface area contributed by atoms with Crippen LogP contribution in [0, 0.1) is 13.8 Å². The number of carbonyl (C=O) groups excluding carboxylic acids is 1. The average Bonchev–Trinajstić information content (AvgIpc) is 2.76. The van der Waals surface area contributed by atoms with Crippen molar-refractivity contribution >= 4 is 17.8 Å². The summed E-state index contributed by atoms with van der Waals surface area (Å²) >= 11 is 0. The molecule has 3 rings (SSSR count). The number of amides is 1. The lowest BCUT2D eigenvalue weighted by Gasteiger charge is -2.15. The van der Waals surface area contributed by atoms with Gasteiger partial charge in [0, 0.05) is 7.05 Å². The van der Waals surface area contributed by atoms with Crippen molar-refractivity contribution in [3.05, 3.63) is 46.8 Å². The van der Waals surface area contributed by atoms with Gasteiger partial charge in [0.25, 0.3) is 5.91 Å². The monoisotopic (exact) mass is 269 g/mol. The second-order valence-electron chi connectivity index (χ2n) is 4.91. The van der Waals surface area contributed by atoms with Crippen LogP contribution in [0.25, 0.3) is 0 Å². The summed E-state index contributed by atoms with van der Waals surface area (Å²) in [7, 11) is 1.71. The molecule has 0 N–H and O–H groups in total. The molecule has 0 spiro atoms. The number of aliphatic imine (C=N–C) groups is 1. The first-order chi connectivity index (χ1) is 9.59. The van der Waals surface area contributed by atoms with Gasteiger partial charge in [-0.1, -0.05) is 29.4 Å². The molecule has 1 unspecified atom stereocenters. The first-order valence-corrected chi connectivity index (χ1v) is 6.42. The summed E-state index contributed by atoms with van der Waals surface area (Å²) in [6.45, 7) is 3.82. The van der Waals surface area contributed by atoms with Crippen LogP contribution in [0.1, 0.15) is 28.6 Å². The van der Waals surface area contributed by atoms with E-state index >= 15 is 0 Å². The van der Waals surface area contributed by atoms with Gasteiger partial charge in [0.05, 0.1) is 6.21 Å². The summed E-state index contributed by atoms with van der Waals surface area (Å²) in [6.07, 6.45) is 1.36. The fourth-order valence-electron chi connectivity index (χ4n) is 2.50. The van der Waals surface area contributed by atoms with E-state index in [1.807, 2.05) is 31.2 Å². The predicted molar refractivity (Wildman–Crippen MR) is 76.2 cm³/mol. The maximum Gasteiger partial charge on any atom is 0.268 e. The van der Waals surface area contributed by atoms with Crippen LogP contribution in [0.4, 0.5) is 5.69 Å². The number of hydrogen-bond acceptors (Lipinski definition) is 4. The Hall–Kier alpha value is -2.43. The Morgan fingerprint density at radius 2 is 2.00 bits per heavy atom. The molecule has 5 nitrogen and oxygen atoms in total. The first-order valence-electron chi connectivity index (χ1n) is 6.42. The minimum absolute atomic E-state index is 0.173. The van der Waals surface area contributed by atoms with E-state index in [1.54, 1.807) is 14.0 Å². The van der Waals surface area contributed by atoms with Crippen LogP contribution >= 0.6 is 0 Å². The number of carbonyl (C=O) groups is 1. The Kier molecular flexibility index (Phi) is 2.89. The van der Waals surface area contributed by atoms with E-state index in [9.17, 15) is 4.79 Å². The lowest BCUT2D eigenvalue weighted by Crippen LogP contribution is -2.26. The molecule has 1 aromatic carbocycles. The summed E-state index contributed by atoms with van der Waals surface area (Å²) in [4.78, 5) is 17.9. The zero-order chi connectivity index (χ0) is 14.3. The van der Waals surface area contributed by atoms with Crippen molar-refractivity contribution in [1.82, 2.24) is 5.16 Å². The number of hydrogen-bond donors (Lipinski definition) is 0. The molecule has 0 fully saturated rings. The third-order valence-electron chi connectivity index (χ3n) is 3.60. The number of fused-ring (bicyclic) bond motifs is 1. The van der Waals surface area contributed by atoms with Gasteiger partial charge in [0.2, 0.25) is 0 Å². The Balaban J connectivity index is 2.22. The van der Waals surface area contributed by atoms with Crippen molar-refractivity contribution in [3.63, 3.8) is 0 Å². The van der Waals surface area contributed by atoms with Crippen LogP contribution < -0.4 is 4.90 Å². The molecule has 0 radical (unpaired) electrons. The number of rotatable bonds is 1. The van der Waals surface area contributed by atoms with Crippen LogP contribution in [-0.2, 0) is 4.79 Å². The van der Waals surface area contributed by atoms with Crippen molar-refractivity contribution in [2.75, 3.05) is 11.9 Å². The maximum atomic E-state index is 12.0. The largest absolute Gasteiger partial charge is 0.359 e. The van der Waals surface area contributed by atoms with Gasteiger partial charge in [0.1, 0.15) is 17.4 Å². The Morgan fingerprint density at radius 3 is 2.75 bits per heavy atom. The van der Waals surface area contributed by atoms with Crippen molar-refractivity contribution in [2.45, 2.75) is 19.9 Å². The highest BCUT2D eigenvalue weighted by molar-refractivity contribution is 6.33. The first kappa shape index (κ1) is 12.6. The number of nitrogens with zero attached hydrogens (tertiary/aromatic N) is 3. The quantitative estimate of drug-likeness (QED) is 0.798. The van der Waals surface area contributed by atoms with Gasteiger partial charge >= 0.3 is 0 Å². The third-order valence-corrected chi connectivity index (χ3v) is 3.60. The second-order valence-corrected chi connectivity index (χ2v) is 4.91. The number of aryl methyl sites for hydroxylation is 2. The highest BCUT2D eigenvalue weighted by Crippen LogP contribution is 2.37. The van der Waals surface area contributed by atoms with E-state index in [2.05, 4.69) is 10.1 Å². The molecular weight excluding hydrogens is 254 g/mol. The van der Waals surface area contributed by atoms with Gasteiger partial charge in [-0.3, -0.25) is 9.79 Å². The van der Waals surface area contributed by atoms with Gasteiger partial charge in [-0.05, 0) is 25.0 Å². The summed E-state index contributed by atoms with van der Waals surface area (Å²) in [6, 6.07) is 7.65. The molecule has 1 aliphatic heterocycles. The fourth-order valence-corrected chi connectivity index (χ4v) is 2.50. The lowest BCUT2D eigenvalue weighted by molar-refractivity contribution is -0.111.